The smallest absolute Gasteiger partial charge is 0.178 e. The van der Waals surface area contributed by atoms with Crippen LogP contribution in [0.3, 0.4) is 0 Å². The number of rotatable bonds is 1. The summed E-state index contributed by atoms with van der Waals surface area (Å²) in [6.45, 7) is 5.13. The Morgan fingerprint density at radius 2 is 2.33 bits per heavy atom. The maximum Gasteiger partial charge on any atom is 0.178 e. The average molecular weight is 327 g/mol. The molecule has 2 aromatic rings. The number of H-pyrrole nitrogens is 1. The van der Waals surface area contributed by atoms with Gasteiger partial charge in [0.05, 0.1) is 22.7 Å². The van der Waals surface area contributed by atoms with Gasteiger partial charge in [-0.05, 0) is 50.7 Å². The number of halogens is 1. The zero-order valence-corrected chi connectivity index (χ0v) is 12.8. The molecule has 1 aromatic carbocycles. The highest BCUT2D eigenvalue weighted by Crippen LogP contribution is 2.36. The van der Waals surface area contributed by atoms with Gasteiger partial charge >= 0.3 is 0 Å². The van der Waals surface area contributed by atoms with Gasteiger partial charge in [-0.25, -0.2) is 0 Å². The van der Waals surface area contributed by atoms with Crippen LogP contribution in [0, 0.1) is 4.77 Å². The number of nitrogens with zero attached hydrogens (tertiary/aromatic N) is 1. The molecule has 0 saturated carbocycles. The molecule has 1 fully saturated rings. The van der Waals surface area contributed by atoms with Gasteiger partial charge < -0.3 is 14.3 Å². The van der Waals surface area contributed by atoms with E-state index in [1.165, 1.54) is 0 Å². The number of fused-ring (bicyclic) bond motifs is 1. The number of aromatic nitrogens is 2. The monoisotopic (exact) mass is 326 g/mol. The van der Waals surface area contributed by atoms with Gasteiger partial charge in [0.25, 0.3) is 0 Å². The van der Waals surface area contributed by atoms with Crippen molar-refractivity contribution in [3.63, 3.8) is 0 Å². The quantitative estimate of drug-likeness (QED) is 0.803. The standard InChI is InChI=1S/C13H15BrN2OS/c1-8-13(2,5-6-17-8)16-11-7-9(14)3-4-10(11)15-12(16)18/h3-4,7-8H,5-6H2,1-2H3,(H,15,18). The Balaban J connectivity index is 2.31. The zero-order chi connectivity index (χ0) is 12.9. The maximum absolute atomic E-state index is 5.73. The molecule has 1 aliphatic heterocycles. The lowest BCUT2D eigenvalue weighted by atomic mass is 9.94. The fraction of sp³-hybridized carbons (Fsp3) is 0.462. The molecule has 2 atom stereocenters. The Kier molecular flexibility index (Phi) is 2.88. The molecule has 0 bridgehead atoms. The van der Waals surface area contributed by atoms with Crippen LogP contribution in [0.4, 0.5) is 0 Å². The normalized spacial score (nSPS) is 28.1. The zero-order valence-electron chi connectivity index (χ0n) is 10.4. The van der Waals surface area contributed by atoms with Gasteiger partial charge in [-0.1, -0.05) is 15.9 Å². The van der Waals surface area contributed by atoms with Crippen molar-refractivity contribution in [2.45, 2.75) is 31.9 Å². The number of hydrogen-bond donors (Lipinski definition) is 1. The predicted molar refractivity (Wildman–Crippen MR) is 78.5 cm³/mol. The summed E-state index contributed by atoms with van der Waals surface area (Å²) in [5.41, 5.74) is 2.13. The van der Waals surface area contributed by atoms with Crippen molar-refractivity contribution in [3.8, 4) is 0 Å². The van der Waals surface area contributed by atoms with E-state index in [-0.39, 0.29) is 11.6 Å². The van der Waals surface area contributed by atoms with E-state index < -0.39 is 0 Å². The lowest BCUT2D eigenvalue weighted by Gasteiger charge is -2.30. The van der Waals surface area contributed by atoms with Crippen LogP contribution in [0.5, 0.6) is 0 Å². The predicted octanol–water partition coefficient (Wildman–Crippen LogP) is 3.99. The molecule has 2 heterocycles. The molecule has 1 aliphatic rings. The molecule has 1 saturated heterocycles. The molecule has 0 spiro atoms. The number of ether oxygens (including phenoxy) is 1. The van der Waals surface area contributed by atoms with E-state index in [0.29, 0.717) is 0 Å². The fourth-order valence-electron chi connectivity index (χ4n) is 2.70. The average Bonchev–Trinajstić information content (AvgIpc) is 2.80. The van der Waals surface area contributed by atoms with Crippen LogP contribution in [-0.4, -0.2) is 22.3 Å². The molecule has 3 nitrogen and oxygen atoms in total. The van der Waals surface area contributed by atoms with E-state index >= 15 is 0 Å². The van der Waals surface area contributed by atoms with Gasteiger partial charge in [0, 0.05) is 11.1 Å². The fourth-order valence-corrected chi connectivity index (χ4v) is 3.47. The first-order chi connectivity index (χ1) is 8.52. The number of hydrogen-bond acceptors (Lipinski definition) is 2. The molecule has 96 valence electrons. The third-order valence-electron chi connectivity index (χ3n) is 4.01. The summed E-state index contributed by atoms with van der Waals surface area (Å²) in [6.07, 6.45) is 1.16. The molecule has 0 aliphatic carbocycles. The van der Waals surface area contributed by atoms with Crippen molar-refractivity contribution >= 4 is 39.2 Å². The molecule has 0 amide bonds. The molecule has 0 radical (unpaired) electrons. The molecule has 1 N–H and O–H groups in total. The summed E-state index contributed by atoms with van der Waals surface area (Å²) >= 11 is 9.02. The highest BCUT2D eigenvalue weighted by molar-refractivity contribution is 9.10. The van der Waals surface area contributed by atoms with Crippen molar-refractivity contribution in [2.24, 2.45) is 0 Å². The number of nitrogens with one attached hydrogen (secondary N) is 1. The lowest BCUT2D eigenvalue weighted by molar-refractivity contribution is 0.0770. The van der Waals surface area contributed by atoms with Crippen molar-refractivity contribution in [1.29, 1.82) is 0 Å². The second-order valence-corrected chi connectivity index (χ2v) is 6.35. The summed E-state index contributed by atoms with van der Waals surface area (Å²) < 4.78 is 9.77. The topological polar surface area (TPSA) is 29.9 Å². The number of benzene rings is 1. The molecule has 18 heavy (non-hydrogen) atoms. The van der Waals surface area contributed by atoms with E-state index in [4.69, 9.17) is 17.0 Å². The van der Waals surface area contributed by atoms with E-state index in [9.17, 15) is 0 Å². The summed E-state index contributed by atoms with van der Waals surface area (Å²) in [7, 11) is 0. The van der Waals surface area contributed by atoms with Crippen molar-refractivity contribution in [1.82, 2.24) is 9.55 Å². The van der Waals surface area contributed by atoms with Crippen LogP contribution < -0.4 is 0 Å². The van der Waals surface area contributed by atoms with Crippen LogP contribution in [0.25, 0.3) is 11.0 Å². The minimum absolute atomic E-state index is 0.0733. The number of aromatic amines is 1. The van der Waals surface area contributed by atoms with Gasteiger partial charge in [-0.2, -0.15) is 0 Å². The van der Waals surface area contributed by atoms with Gasteiger partial charge in [0.1, 0.15) is 0 Å². The largest absolute Gasteiger partial charge is 0.376 e. The number of imidazole rings is 1. The second-order valence-electron chi connectivity index (χ2n) is 5.05. The Labute approximate surface area is 119 Å². The first-order valence-corrected chi connectivity index (χ1v) is 7.25. The van der Waals surface area contributed by atoms with Crippen molar-refractivity contribution < 1.29 is 4.74 Å². The van der Waals surface area contributed by atoms with E-state index in [0.717, 1.165) is 33.3 Å². The lowest BCUT2D eigenvalue weighted by Crippen LogP contribution is -2.36. The van der Waals surface area contributed by atoms with Crippen LogP contribution >= 0.6 is 28.1 Å². The minimum Gasteiger partial charge on any atom is -0.376 e. The first kappa shape index (κ1) is 12.4. The molecule has 3 rings (SSSR count). The van der Waals surface area contributed by atoms with Crippen molar-refractivity contribution in [3.05, 3.63) is 27.4 Å². The Bertz CT molecular complexity index is 663. The van der Waals surface area contributed by atoms with Gasteiger partial charge in [-0.3, -0.25) is 0 Å². The summed E-state index contributed by atoms with van der Waals surface area (Å²) in [4.78, 5) is 3.28. The molecular formula is C13H15BrN2OS. The van der Waals surface area contributed by atoms with Crippen LogP contribution in [0.2, 0.25) is 0 Å². The summed E-state index contributed by atoms with van der Waals surface area (Å²) in [5, 5.41) is 0. The van der Waals surface area contributed by atoms with Gasteiger partial charge in [0.15, 0.2) is 4.77 Å². The van der Waals surface area contributed by atoms with Crippen LogP contribution in [0.1, 0.15) is 20.3 Å². The minimum atomic E-state index is -0.0733. The highest BCUT2D eigenvalue weighted by Gasteiger charge is 2.40. The Morgan fingerprint density at radius 1 is 1.56 bits per heavy atom. The molecule has 1 aromatic heterocycles. The molecule has 5 heteroatoms. The molecule has 2 unspecified atom stereocenters. The third kappa shape index (κ3) is 1.68. The van der Waals surface area contributed by atoms with Crippen molar-refractivity contribution in [2.75, 3.05) is 6.61 Å². The SMILES string of the molecule is CC1OCCC1(C)n1c(=S)[nH]c2ccc(Br)cc21. The second kappa shape index (κ2) is 4.18. The third-order valence-corrected chi connectivity index (χ3v) is 4.79. The van der Waals surface area contributed by atoms with Crippen LogP contribution in [0.15, 0.2) is 22.7 Å². The van der Waals surface area contributed by atoms with E-state index in [1.54, 1.807) is 0 Å². The van der Waals surface area contributed by atoms with Gasteiger partial charge in [0.2, 0.25) is 0 Å². The molecular weight excluding hydrogens is 312 g/mol. The Hall–Kier alpha value is -0.650. The van der Waals surface area contributed by atoms with Gasteiger partial charge in [-0.15, -0.1) is 0 Å². The van der Waals surface area contributed by atoms with E-state index in [1.807, 2.05) is 6.07 Å². The first-order valence-electron chi connectivity index (χ1n) is 6.05. The summed E-state index contributed by atoms with van der Waals surface area (Å²) in [5.74, 6) is 0. The highest BCUT2D eigenvalue weighted by atomic mass is 79.9. The maximum atomic E-state index is 5.73. The van der Waals surface area contributed by atoms with Crippen LogP contribution in [-0.2, 0) is 10.3 Å². The Morgan fingerprint density at radius 3 is 3.00 bits per heavy atom. The summed E-state index contributed by atoms with van der Waals surface area (Å²) in [6, 6.07) is 6.18. The van der Waals surface area contributed by atoms with E-state index in [2.05, 4.69) is 51.5 Å².